The highest BCUT2D eigenvalue weighted by Gasteiger charge is 2.59. The number of nitrogens with zero attached hydrogens (tertiary/aromatic N) is 1. The molecule has 2 bridgehead atoms. The van der Waals surface area contributed by atoms with Gasteiger partial charge < -0.3 is 5.32 Å². The number of anilines is 1. The first-order valence-electron chi connectivity index (χ1n) is 8.98. The van der Waals surface area contributed by atoms with Crippen molar-refractivity contribution in [3.63, 3.8) is 0 Å². The fourth-order valence-corrected chi connectivity index (χ4v) is 4.79. The Hall–Kier alpha value is -2.62. The van der Waals surface area contributed by atoms with Crippen molar-refractivity contribution in [3.05, 3.63) is 66.4 Å². The minimum Gasteiger partial charge on any atom is -0.379 e. The van der Waals surface area contributed by atoms with Crippen LogP contribution in [-0.2, 0) is 9.59 Å². The predicted molar refractivity (Wildman–Crippen MR) is 95.3 cm³/mol. The molecule has 4 nitrogen and oxygen atoms in total. The van der Waals surface area contributed by atoms with Gasteiger partial charge in [0.05, 0.1) is 11.8 Å². The van der Waals surface area contributed by atoms with Crippen LogP contribution in [0.5, 0.6) is 0 Å². The van der Waals surface area contributed by atoms with Crippen LogP contribution in [0.2, 0.25) is 0 Å². The third-order valence-corrected chi connectivity index (χ3v) is 5.93. The molecule has 4 aliphatic rings. The second-order valence-corrected chi connectivity index (χ2v) is 7.35. The normalized spacial score (nSPS) is 35.3. The predicted octanol–water partition coefficient (Wildman–Crippen LogP) is 3.12. The van der Waals surface area contributed by atoms with E-state index in [1.54, 1.807) is 0 Å². The van der Waals surface area contributed by atoms with Gasteiger partial charge in [-0.15, -0.1) is 0 Å². The van der Waals surface area contributed by atoms with Crippen molar-refractivity contribution in [3.8, 4) is 0 Å². The van der Waals surface area contributed by atoms with Gasteiger partial charge in [0, 0.05) is 17.4 Å². The Bertz CT molecular complexity index is 794. The molecule has 5 rings (SSSR count). The monoisotopic (exact) mass is 332 g/mol. The summed E-state index contributed by atoms with van der Waals surface area (Å²) < 4.78 is 0. The Balaban J connectivity index is 1.32. The molecule has 0 aromatic heterocycles. The van der Waals surface area contributed by atoms with E-state index in [4.69, 9.17) is 0 Å². The van der Waals surface area contributed by atoms with E-state index in [-0.39, 0.29) is 41.5 Å². The number of fused-ring (bicyclic) bond motifs is 5. The van der Waals surface area contributed by atoms with Gasteiger partial charge in [-0.25, -0.2) is 0 Å². The third kappa shape index (κ3) is 2.20. The highest BCUT2D eigenvalue weighted by Crippen LogP contribution is 2.53. The van der Waals surface area contributed by atoms with Crippen molar-refractivity contribution < 1.29 is 9.59 Å². The molecule has 2 amide bonds. The molecule has 1 aromatic carbocycles. The van der Waals surface area contributed by atoms with Crippen LogP contribution >= 0.6 is 0 Å². The van der Waals surface area contributed by atoms with Gasteiger partial charge in [-0.3, -0.25) is 14.5 Å². The lowest BCUT2D eigenvalue weighted by atomic mass is 9.85. The summed E-state index contributed by atoms with van der Waals surface area (Å²) in [5.74, 6) is 0.262. The fourth-order valence-electron chi connectivity index (χ4n) is 4.79. The zero-order valence-electron chi connectivity index (χ0n) is 13.8. The largest absolute Gasteiger partial charge is 0.379 e. The Morgan fingerprint density at radius 1 is 0.920 bits per heavy atom. The molecule has 1 saturated carbocycles. The van der Waals surface area contributed by atoms with Crippen molar-refractivity contribution in [2.24, 2.45) is 23.7 Å². The molecule has 1 aromatic rings. The number of rotatable bonds is 3. The first-order valence-corrected chi connectivity index (χ1v) is 8.98. The number of likely N-dealkylation sites (tertiary alicyclic amines) is 1. The lowest BCUT2D eigenvalue weighted by molar-refractivity contribution is -0.138. The molecule has 1 N–H and O–H groups in total. The lowest BCUT2D eigenvalue weighted by Gasteiger charge is -2.24. The van der Waals surface area contributed by atoms with Gasteiger partial charge in [0.1, 0.15) is 0 Å². The summed E-state index contributed by atoms with van der Waals surface area (Å²) in [6.45, 7) is 0. The van der Waals surface area contributed by atoms with Crippen molar-refractivity contribution in [2.45, 2.75) is 18.9 Å². The van der Waals surface area contributed by atoms with E-state index in [1.165, 1.54) is 4.90 Å². The number of carbonyl (C=O) groups is 2. The van der Waals surface area contributed by atoms with Gasteiger partial charge in [-0.05, 0) is 42.9 Å². The molecule has 0 radical (unpaired) electrons. The first-order chi connectivity index (χ1) is 12.2. The van der Waals surface area contributed by atoms with E-state index in [0.29, 0.717) is 0 Å². The summed E-state index contributed by atoms with van der Waals surface area (Å²) >= 11 is 0. The maximum Gasteiger partial charge on any atom is 0.238 e. The molecule has 4 heteroatoms. The number of benzene rings is 1. The van der Waals surface area contributed by atoms with Gasteiger partial charge >= 0.3 is 0 Å². The fraction of sp³-hybridized carbons (Fsp3) is 0.333. The van der Waals surface area contributed by atoms with E-state index in [9.17, 15) is 9.59 Å². The summed E-state index contributed by atoms with van der Waals surface area (Å²) in [6, 6.07) is 10.2. The molecule has 1 saturated heterocycles. The number of hydrogen-bond donors (Lipinski definition) is 1. The van der Waals surface area contributed by atoms with Crippen LogP contribution in [0.3, 0.4) is 0 Å². The van der Waals surface area contributed by atoms with E-state index in [2.05, 4.69) is 17.5 Å². The smallest absolute Gasteiger partial charge is 0.238 e. The van der Waals surface area contributed by atoms with Crippen LogP contribution in [-0.4, -0.2) is 22.8 Å². The van der Waals surface area contributed by atoms with Crippen LogP contribution in [0.25, 0.3) is 0 Å². The average molecular weight is 332 g/mol. The highest BCUT2D eigenvalue weighted by molar-refractivity contribution is 6.08. The summed E-state index contributed by atoms with van der Waals surface area (Å²) in [5, 5.41) is 3.45. The molecule has 0 spiro atoms. The van der Waals surface area contributed by atoms with Gasteiger partial charge in [0.25, 0.3) is 0 Å². The topological polar surface area (TPSA) is 49.4 Å². The molecule has 5 unspecified atom stereocenters. The summed E-state index contributed by atoms with van der Waals surface area (Å²) in [4.78, 5) is 27.1. The Morgan fingerprint density at radius 3 is 2.20 bits per heavy atom. The number of amides is 2. The molecule has 3 aliphatic carbocycles. The van der Waals surface area contributed by atoms with Gasteiger partial charge in [-0.2, -0.15) is 0 Å². The van der Waals surface area contributed by atoms with Crippen LogP contribution in [0.1, 0.15) is 12.8 Å². The zero-order valence-corrected chi connectivity index (χ0v) is 13.8. The van der Waals surface area contributed by atoms with Crippen LogP contribution in [0.4, 0.5) is 5.69 Å². The molecule has 1 heterocycles. The minimum absolute atomic E-state index is 0.00258. The average Bonchev–Trinajstić information content (AvgIpc) is 3.31. The lowest BCUT2D eigenvalue weighted by Crippen LogP contribution is -2.33. The number of imide groups is 1. The van der Waals surface area contributed by atoms with Gasteiger partial charge in [-0.1, -0.05) is 42.5 Å². The van der Waals surface area contributed by atoms with Crippen molar-refractivity contribution in [1.29, 1.82) is 0 Å². The Kier molecular flexibility index (Phi) is 3.20. The highest BCUT2D eigenvalue weighted by atomic mass is 16.2. The Labute approximate surface area is 146 Å². The van der Waals surface area contributed by atoms with Crippen LogP contribution in [0.15, 0.2) is 66.4 Å². The molecule has 126 valence electrons. The van der Waals surface area contributed by atoms with Crippen molar-refractivity contribution in [1.82, 2.24) is 4.90 Å². The zero-order chi connectivity index (χ0) is 17.0. The SMILES string of the molecule is O=C1C2C3C=CC(C3)C2C(=O)N1C1=CCC(Nc2ccccc2)C=C1. The van der Waals surface area contributed by atoms with E-state index >= 15 is 0 Å². The second kappa shape index (κ2) is 5.45. The van der Waals surface area contributed by atoms with E-state index < -0.39 is 0 Å². The molecular weight excluding hydrogens is 312 g/mol. The molecule has 2 fully saturated rings. The molecule has 25 heavy (non-hydrogen) atoms. The minimum atomic E-state index is -0.128. The number of allylic oxidation sites excluding steroid dienone is 3. The molecular formula is C21H20N2O2. The number of para-hydroxylation sites is 1. The summed E-state index contributed by atoms with van der Waals surface area (Å²) in [6.07, 6.45) is 12.0. The third-order valence-electron chi connectivity index (χ3n) is 5.93. The summed E-state index contributed by atoms with van der Waals surface area (Å²) in [5.41, 5.74) is 1.81. The van der Waals surface area contributed by atoms with E-state index in [1.807, 2.05) is 48.6 Å². The number of carbonyl (C=O) groups excluding carboxylic acids is 2. The summed E-state index contributed by atoms with van der Waals surface area (Å²) in [7, 11) is 0. The van der Waals surface area contributed by atoms with Crippen LogP contribution in [0, 0.1) is 23.7 Å². The molecule has 5 atom stereocenters. The first kappa shape index (κ1) is 14.7. The Morgan fingerprint density at radius 2 is 1.60 bits per heavy atom. The quantitative estimate of drug-likeness (QED) is 0.683. The maximum absolute atomic E-state index is 12.8. The van der Waals surface area contributed by atoms with Crippen LogP contribution < -0.4 is 5.32 Å². The number of nitrogens with one attached hydrogen (secondary N) is 1. The number of hydrogen-bond acceptors (Lipinski definition) is 3. The van der Waals surface area contributed by atoms with Gasteiger partial charge in [0.2, 0.25) is 11.8 Å². The molecule has 1 aliphatic heterocycles. The van der Waals surface area contributed by atoms with Crippen molar-refractivity contribution in [2.75, 3.05) is 5.32 Å². The van der Waals surface area contributed by atoms with Crippen molar-refractivity contribution >= 4 is 17.5 Å². The van der Waals surface area contributed by atoms with Gasteiger partial charge in [0.15, 0.2) is 0 Å². The standard InChI is InChI=1S/C21H20N2O2/c24-20-18-13-6-7-14(12-13)19(18)21(25)23(20)17-10-8-16(9-11-17)22-15-4-2-1-3-5-15/h1-8,10-11,13-14,16,18-19,22H,9,12H2. The van der Waals surface area contributed by atoms with E-state index in [0.717, 1.165) is 24.2 Å². The second-order valence-electron chi connectivity index (χ2n) is 7.35. The maximum atomic E-state index is 12.8.